The third-order valence-corrected chi connectivity index (χ3v) is 3.99. The lowest BCUT2D eigenvalue weighted by Crippen LogP contribution is -2.39. The van der Waals surface area contributed by atoms with Crippen molar-refractivity contribution in [2.45, 2.75) is 24.3 Å². The summed E-state index contributed by atoms with van der Waals surface area (Å²) in [7, 11) is -2.49. The first kappa shape index (κ1) is 14.7. The lowest BCUT2D eigenvalue weighted by atomic mass is 10.1. The Bertz CT molecular complexity index is 541. The lowest BCUT2D eigenvalue weighted by Gasteiger charge is -2.24. The maximum atomic E-state index is 12.0. The molecule has 0 aromatic carbocycles. The molecule has 0 bridgehead atoms. The van der Waals surface area contributed by atoms with Gasteiger partial charge in [0.2, 0.25) is 10.0 Å². The molecule has 0 spiro atoms. The Morgan fingerprint density at radius 2 is 2.06 bits per heavy atom. The largest absolute Gasteiger partial charge is 0.477 e. The van der Waals surface area contributed by atoms with Crippen molar-refractivity contribution in [1.29, 1.82) is 0 Å². The second kappa shape index (κ2) is 4.71. The highest BCUT2D eigenvalue weighted by atomic mass is 32.2. The molecular weight excluding hydrogens is 260 g/mol. The van der Waals surface area contributed by atoms with E-state index >= 15 is 0 Å². The van der Waals surface area contributed by atoms with E-state index in [0.29, 0.717) is 0 Å². The summed E-state index contributed by atoms with van der Waals surface area (Å²) in [6.45, 7) is 2.88. The molecule has 3 N–H and O–H groups in total. The average molecular weight is 276 g/mol. The molecule has 7 nitrogen and oxygen atoms in total. The zero-order chi connectivity index (χ0) is 14.1. The van der Waals surface area contributed by atoms with Gasteiger partial charge in [-0.05, 0) is 19.9 Å². The first-order valence-electron chi connectivity index (χ1n) is 5.14. The van der Waals surface area contributed by atoms with Gasteiger partial charge in [-0.1, -0.05) is 0 Å². The number of aliphatic hydroxyl groups is 1. The van der Waals surface area contributed by atoms with Crippen molar-refractivity contribution in [2.75, 3.05) is 13.6 Å². The Kier molecular flexibility index (Phi) is 3.84. The molecule has 0 saturated heterocycles. The number of likely N-dealkylation sites (N-methyl/N-ethyl adjacent to an activating group) is 1. The third kappa shape index (κ3) is 3.31. The van der Waals surface area contributed by atoms with Gasteiger partial charge in [0.05, 0.1) is 5.60 Å². The average Bonchev–Trinajstić information content (AvgIpc) is 2.63. The van der Waals surface area contributed by atoms with Crippen LogP contribution in [0.3, 0.4) is 0 Å². The zero-order valence-corrected chi connectivity index (χ0v) is 11.2. The molecule has 0 atom stereocenters. The highest BCUT2D eigenvalue weighted by Gasteiger charge is 2.27. The molecule has 0 aliphatic heterocycles. The van der Waals surface area contributed by atoms with Crippen LogP contribution < -0.4 is 0 Å². The van der Waals surface area contributed by atoms with E-state index in [1.165, 1.54) is 20.9 Å². The van der Waals surface area contributed by atoms with Crippen LogP contribution in [0.1, 0.15) is 24.3 Å². The van der Waals surface area contributed by atoms with Crippen LogP contribution in [-0.2, 0) is 10.0 Å². The number of H-pyrrole nitrogens is 1. The minimum atomic E-state index is -3.81. The second-order valence-electron chi connectivity index (χ2n) is 4.63. The van der Waals surface area contributed by atoms with Crippen molar-refractivity contribution in [2.24, 2.45) is 0 Å². The second-order valence-corrected chi connectivity index (χ2v) is 6.67. The molecule has 0 saturated carbocycles. The number of hydrogen-bond acceptors (Lipinski definition) is 4. The van der Waals surface area contributed by atoms with E-state index in [2.05, 4.69) is 4.98 Å². The molecule has 1 heterocycles. The molecule has 0 radical (unpaired) electrons. The number of aromatic nitrogens is 1. The smallest absolute Gasteiger partial charge is 0.352 e. The summed E-state index contributed by atoms with van der Waals surface area (Å²) in [5.74, 6) is -1.23. The zero-order valence-electron chi connectivity index (χ0n) is 10.3. The molecule has 0 aliphatic carbocycles. The molecular formula is C10H16N2O5S. The minimum Gasteiger partial charge on any atom is -0.477 e. The summed E-state index contributed by atoms with van der Waals surface area (Å²) in [5, 5.41) is 18.3. The number of aromatic carboxylic acids is 1. The van der Waals surface area contributed by atoms with Gasteiger partial charge in [0, 0.05) is 19.8 Å². The first-order valence-corrected chi connectivity index (χ1v) is 6.58. The predicted octanol–water partition coefficient (Wildman–Crippen LogP) is 0.104. The molecule has 18 heavy (non-hydrogen) atoms. The highest BCUT2D eigenvalue weighted by Crippen LogP contribution is 2.17. The molecule has 0 unspecified atom stereocenters. The van der Waals surface area contributed by atoms with E-state index in [1.807, 2.05) is 0 Å². The van der Waals surface area contributed by atoms with Gasteiger partial charge >= 0.3 is 5.97 Å². The van der Waals surface area contributed by atoms with Crippen molar-refractivity contribution >= 4 is 16.0 Å². The Labute approximate surface area is 105 Å². The van der Waals surface area contributed by atoms with Crippen molar-refractivity contribution in [3.63, 3.8) is 0 Å². The quantitative estimate of drug-likeness (QED) is 0.706. The van der Waals surface area contributed by atoms with E-state index in [9.17, 15) is 18.3 Å². The van der Waals surface area contributed by atoms with Crippen LogP contribution in [0.25, 0.3) is 0 Å². The Morgan fingerprint density at radius 3 is 2.44 bits per heavy atom. The number of aromatic amines is 1. The number of nitrogens with zero attached hydrogens (tertiary/aromatic N) is 1. The Balaban J connectivity index is 3.02. The van der Waals surface area contributed by atoms with Gasteiger partial charge in [0.1, 0.15) is 10.6 Å². The van der Waals surface area contributed by atoms with Crippen LogP contribution in [-0.4, -0.2) is 53.1 Å². The first-order chi connectivity index (χ1) is 8.04. The Hall–Kier alpha value is -1.38. The van der Waals surface area contributed by atoms with Crippen LogP contribution in [0.5, 0.6) is 0 Å². The molecule has 1 aromatic heterocycles. The van der Waals surface area contributed by atoms with Gasteiger partial charge in [0.15, 0.2) is 0 Å². The Morgan fingerprint density at radius 1 is 1.50 bits per heavy atom. The van der Waals surface area contributed by atoms with Crippen molar-refractivity contribution in [3.05, 3.63) is 18.0 Å². The van der Waals surface area contributed by atoms with Gasteiger partial charge in [-0.2, -0.15) is 4.31 Å². The summed E-state index contributed by atoms with van der Waals surface area (Å²) >= 11 is 0. The lowest BCUT2D eigenvalue weighted by molar-refractivity contribution is 0.0638. The monoisotopic (exact) mass is 276 g/mol. The van der Waals surface area contributed by atoms with E-state index in [0.717, 1.165) is 16.6 Å². The summed E-state index contributed by atoms with van der Waals surface area (Å²) in [4.78, 5) is 12.9. The van der Waals surface area contributed by atoms with Crippen molar-refractivity contribution in [3.8, 4) is 0 Å². The van der Waals surface area contributed by atoms with E-state index < -0.39 is 21.6 Å². The normalized spacial score (nSPS) is 12.9. The molecule has 0 fully saturated rings. The van der Waals surface area contributed by atoms with Crippen molar-refractivity contribution < 1.29 is 23.4 Å². The van der Waals surface area contributed by atoms with E-state index in [-0.39, 0.29) is 17.1 Å². The van der Waals surface area contributed by atoms with Crippen LogP contribution in [0.4, 0.5) is 0 Å². The molecule has 102 valence electrons. The topological polar surface area (TPSA) is 111 Å². The maximum absolute atomic E-state index is 12.0. The third-order valence-electron chi connectivity index (χ3n) is 2.20. The molecule has 8 heteroatoms. The molecule has 0 amide bonds. The summed E-state index contributed by atoms with van der Waals surface area (Å²) in [6.07, 6.45) is 1.11. The van der Waals surface area contributed by atoms with Crippen LogP contribution in [0.2, 0.25) is 0 Å². The number of sulfonamides is 1. The number of hydrogen-bond donors (Lipinski definition) is 3. The molecule has 1 rings (SSSR count). The fourth-order valence-electron chi connectivity index (χ4n) is 1.46. The number of carboxylic acids is 1. The number of nitrogens with one attached hydrogen (secondary N) is 1. The fraction of sp³-hybridized carbons (Fsp3) is 0.500. The van der Waals surface area contributed by atoms with Crippen LogP contribution >= 0.6 is 0 Å². The van der Waals surface area contributed by atoms with Gasteiger partial charge in [-0.15, -0.1) is 0 Å². The van der Waals surface area contributed by atoms with Crippen LogP contribution in [0, 0.1) is 0 Å². The summed E-state index contributed by atoms with van der Waals surface area (Å²) in [6, 6.07) is 1.04. The van der Waals surface area contributed by atoms with Crippen LogP contribution in [0.15, 0.2) is 17.2 Å². The minimum absolute atomic E-state index is 0.0943. The van der Waals surface area contributed by atoms with E-state index in [4.69, 9.17) is 5.11 Å². The van der Waals surface area contributed by atoms with Crippen molar-refractivity contribution in [1.82, 2.24) is 9.29 Å². The number of rotatable bonds is 5. The fourth-order valence-corrected chi connectivity index (χ4v) is 2.78. The van der Waals surface area contributed by atoms with Gasteiger partial charge in [-0.3, -0.25) is 0 Å². The molecule has 0 aliphatic rings. The highest BCUT2D eigenvalue weighted by molar-refractivity contribution is 7.89. The van der Waals surface area contributed by atoms with Gasteiger partial charge in [-0.25, -0.2) is 13.2 Å². The maximum Gasteiger partial charge on any atom is 0.352 e. The van der Waals surface area contributed by atoms with Gasteiger partial charge in [0.25, 0.3) is 0 Å². The molecule has 1 aromatic rings. The standard InChI is InChI=1S/C10H16N2O5S/c1-10(2,15)6-12(3)18(16,17)7-4-8(9(13)14)11-5-7/h4-5,11,15H,6H2,1-3H3,(H,13,14). The number of carboxylic acid groups (broad SMARTS) is 1. The summed E-state index contributed by atoms with van der Waals surface area (Å²) < 4.78 is 25.1. The van der Waals surface area contributed by atoms with E-state index in [1.54, 1.807) is 0 Å². The SMILES string of the molecule is CN(CC(C)(C)O)S(=O)(=O)c1c[nH]c(C(=O)O)c1. The number of carbonyl (C=O) groups is 1. The van der Waals surface area contributed by atoms with Gasteiger partial charge < -0.3 is 15.2 Å². The summed E-state index contributed by atoms with van der Waals surface area (Å²) in [5.41, 5.74) is -1.38. The predicted molar refractivity (Wildman–Crippen MR) is 63.9 cm³/mol.